The molecular weight excluding hydrogens is 342 g/mol. The van der Waals surface area contributed by atoms with Crippen LogP contribution in [0.5, 0.6) is 0 Å². The first-order valence-electron chi connectivity index (χ1n) is 7.92. The summed E-state index contributed by atoms with van der Waals surface area (Å²) in [6.45, 7) is 0.669. The number of thiazole rings is 1. The van der Waals surface area contributed by atoms with Crippen LogP contribution in [0.4, 0.5) is 10.8 Å². The Bertz CT molecular complexity index is 766. The van der Waals surface area contributed by atoms with E-state index in [1.54, 1.807) is 29.8 Å². The molecule has 1 amide bonds. The van der Waals surface area contributed by atoms with E-state index in [1.807, 2.05) is 0 Å². The lowest BCUT2D eigenvalue weighted by Crippen LogP contribution is -2.20. The normalized spacial score (nSPS) is 17.9. The fraction of sp³-hybridized carbons (Fsp3) is 0.294. The average Bonchev–Trinajstić information content (AvgIpc) is 3.13. The van der Waals surface area contributed by atoms with Gasteiger partial charge >= 0.3 is 0 Å². The quantitative estimate of drug-likeness (QED) is 0.500. The van der Waals surface area contributed by atoms with Gasteiger partial charge < -0.3 is 4.74 Å². The van der Waals surface area contributed by atoms with Crippen LogP contribution in [0.2, 0.25) is 0 Å². The molecule has 1 aliphatic rings. The lowest BCUT2D eigenvalue weighted by molar-refractivity contribution is -0.384. The molecule has 1 unspecified atom stereocenters. The molecule has 1 atom stereocenters. The highest BCUT2D eigenvalue weighted by atomic mass is 32.1. The number of ether oxygens (including phenoxy) is 1. The van der Waals surface area contributed by atoms with Gasteiger partial charge in [-0.2, -0.15) is 0 Å². The Kier molecular flexibility index (Phi) is 5.52. The average molecular weight is 359 g/mol. The third kappa shape index (κ3) is 4.49. The third-order valence-electron chi connectivity index (χ3n) is 3.85. The first-order chi connectivity index (χ1) is 12.1. The minimum absolute atomic E-state index is 0.0163. The molecule has 1 fully saturated rings. The number of nitrogens with one attached hydrogen (secondary N) is 1. The van der Waals surface area contributed by atoms with Crippen LogP contribution in [0, 0.1) is 10.1 Å². The molecule has 1 aromatic carbocycles. The van der Waals surface area contributed by atoms with Gasteiger partial charge in [0.1, 0.15) is 0 Å². The topological polar surface area (TPSA) is 94.4 Å². The van der Waals surface area contributed by atoms with Gasteiger partial charge in [0.15, 0.2) is 5.13 Å². The smallest absolute Gasteiger partial charge is 0.269 e. The molecule has 0 bridgehead atoms. The van der Waals surface area contributed by atoms with Gasteiger partial charge in [0.2, 0.25) is 0 Å². The number of rotatable bonds is 5. The van der Waals surface area contributed by atoms with Crippen molar-refractivity contribution in [2.24, 2.45) is 0 Å². The zero-order valence-corrected chi connectivity index (χ0v) is 14.2. The second-order valence-electron chi connectivity index (χ2n) is 5.58. The largest absolute Gasteiger partial charge is 0.374 e. The number of carbonyl (C=O) groups is 1. The van der Waals surface area contributed by atoms with Gasteiger partial charge in [-0.05, 0) is 43.0 Å². The maximum Gasteiger partial charge on any atom is 0.269 e. The van der Waals surface area contributed by atoms with E-state index >= 15 is 0 Å². The lowest BCUT2D eigenvalue weighted by Gasteiger charge is -2.20. The molecule has 0 saturated carbocycles. The first-order valence-corrected chi connectivity index (χ1v) is 8.80. The number of hydrogen-bond donors (Lipinski definition) is 1. The van der Waals surface area contributed by atoms with E-state index in [4.69, 9.17) is 4.74 Å². The molecule has 25 heavy (non-hydrogen) atoms. The SMILES string of the molecule is O=C(Nc1nccs1)C(=CC1CCCCO1)c1ccc([N+](=O)[O-])cc1. The van der Waals surface area contributed by atoms with Crippen molar-refractivity contribution in [2.75, 3.05) is 11.9 Å². The summed E-state index contributed by atoms with van der Waals surface area (Å²) in [6.07, 6.45) is 6.18. The van der Waals surface area contributed by atoms with Gasteiger partial charge in [0.25, 0.3) is 11.6 Å². The second kappa shape index (κ2) is 8.00. The summed E-state index contributed by atoms with van der Waals surface area (Å²) in [5.74, 6) is -0.307. The standard InChI is InChI=1S/C17H17N3O4S/c21-16(19-17-18-8-10-25-17)15(11-14-3-1-2-9-24-14)12-4-6-13(7-5-12)20(22)23/h4-8,10-11,14H,1-3,9H2,(H,18,19,21). The molecule has 0 aliphatic carbocycles. The Morgan fingerprint density at radius 3 is 2.76 bits per heavy atom. The number of nitro benzene ring substituents is 1. The molecule has 8 heteroatoms. The molecule has 0 radical (unpaired) electrons. The predicted octanol–water partition coefficient (Wildman–Crippen LogP) is 3.64. The van der Waals surface area contributed by atoms with Gasteiger partial charge in [-0.25, -0.2) is 4.98 Å². The van der Waals surface area contributed by atoms with Crippen LogP contribution in [0.25, 0.3) is 5.57 Å². The van der Waals surface area contributed by atoms with Crippen molar-refractivity contribution < 1.29 is 14.5 Å². The molecule has 0 spiro atoms. The molecular formula is C17H17N3O4S. The maximum atomic E-state index is 12.7. The van der Waals surface area contributed by atoms with Crippen LogP contribution < -0.4 is 5.32 Å². The van der Waals surface area contributed by atoms with Crippen molar-refractivity contribution in [3.63, 3.8) is 0 Å². The second-order valence-corrected chi connectivity index (χ2v) is 6.48. The summed E-state index contributed by atoms with van der Waals surface area (Å²) < 4.78 is 5.70. The Hall–Kier alpha value is -2.58. The number of non-ortho nitro benzene ring substituents is 1. The number of carbonyl (C=O) groups excluding carboxylic acids is 1. The van der Waals surface area contributed by atoms with Crippen LogP contribution in [0.1, 0.15) is 24.8 Å². The highest BCUT2D eigenvalue weighted by molar-refractivity contribution is 7.13. The van der Waals surface area contributed by atoms with Crippen molar-refractivity contribution in [1.29, 1.82) is 0 Å². The summed E-state index contributed by atoms with van der Waals surface area (Å²) in [5.41, 5.74) is 1.02. The molecule has 1 N–H and O–H groups in total. The van der Waals surface area contributed by atoms with E-state index in [0.29, 0.717) is 22.9 Å². The van der Waals surface area contributed by atoms with Crippen molar-refractivity contribution in [3.05, 3.63) is 57.6 Å². The van der Waals surface area contributed by atoms with E-state index in [0.717, 1.165) is 19.3 Å². The minimum Gasteiger partial charge on any atom is -0.374 e. The van der Waals surface area contributed by atoms with E-state index in [2.05, 4.69) is 10.3 Å². The van der Waals surface area contributed by atoms with Crippen molar-refractivity contribution in [1.82, 2.24) is 4.98 Å². The zero-order chi connectivity index (χ0) is 17.6. The van der Waals surface area contributed by atoms with Crippen LogP contribution in [0.15, 0.2) is 41.9 Å². The number of aromatic nitrogens is 1. The van der Waals surface area contributed by atoms with E-state index in [9.17, 15) is 14.9 Å². The monoisotopic (exact) mass is 359 g/mol. The number of anilines is 1. The summed E-state index contributed by atoms with van der Waals surface area (Å²) in [4.78, 5) is 27.1. The van der Waals surface area contributed by atoms with Gasteiger partial charge in [0.05, 0.1) is 11.0 Å². The summed E-state index contributed by atoms with van der Waals surface area (Å²) >= 11 is 1.33. The van der Waals surface area contributed by atoms with E-state index < -0.39 is 4.92 Å². The highest BCUT2D eigenvalue weighted by Crippen LogP contribution is 2.24. The van der Waals surface area contributed by atoms with Crippen molar-refractivity contribution in [3.8, 4) is 0 Å². The molecule has 1 aliphatic heterocycles. The van der Waals surface area contributed by atoms with Gasteiger partial charge in [-0.15, -0.1) is 11.3 Å². The summed E-state index contributed by atoms with van der Waals surface area (Å²) in [6, 6.07) is 5.94. The maximum absolute atomic E-state index is 12.7. The molecule has 2 heterocycles. The Balaban J connectivity index is 1.88. The minimum atomic E-state index is -0.465. The number of nitro groups is 1. The van der Waals surface area contributed by atoms with Gasteiger partial charge in [0, 0.05) is 35.9 Å². The van der Waals surface area contributed by atoms with E-state index in [-0.39, 0.29) is 17.7 Å². The van der Waals surface area contributed by atoms with Gasteiger partial charge in [-0.1, -0.05) is 0 Å². The number of benzene rings is 1. The Labute approximate surface area is 148 Å². The lowest BCUT2D eigenvalue weighted by atomic mass is 10.00. The zero-order valence-electron chi connectivity index (χ0n) is 13.4. The van der Waals surface area contributed by atoms with Crippen molar-refractivity contribution in [2.45, 2.75) is 25.4 Å². The van der Waals surface area contributed by atoms with Crippen LogP contribution in [-0.4, -0.2) is 28.5 Å². The number of amides is 1. The fourth-order valence-electron chi connectivity index (χ4n) is 2.60. The van der Waals surface area contributed by atoms with Crippen molar-refractivity contribution >= 4 is 33.6 Å². The molecule has 1 aromatic heterocycles. The number of nitrogens with zero attached hydrogens (tertiary/aromatic N) is 2. The summed E-state index contributed by atoms with van der Waals surface area (Å²) in [5, 5.41) is 15.9. The molecule has 2 aromatic rings. The van der Waals surface area contributed by atoms with Gasteiger partial charge in [-0.3, -0.25) is 20.2 Å². The van der Waals surface area contributed by atoms with Crippen LogP contribution >= 0.6 is 11.3 Å². The Morgan fingerprint density at radius 1 is 1.36 bits per heavy atom. The fourth-order valence-corrected chi connectivity index (χ4v) is 3.12. The molecule has 7 nitrogen and oxygen atoms in total. The number of hydrogen-bond acceptors (Lipinski definition) is 6. The molecule has 1 saturated heterocycles. The first kappa shape index (κ1) is 17.2. The third-order valence-corrected chi connectivity index (χ3v) is 4.54. The van der Waals surface area contributed by atoms with Crippen LogP contribution in [-0.2, 0) is 9.53 Å². The Morgan fingerprint density at radius 2 is 2.16 bits per heavy atom. The van der Waals surface area contributed by atoms with E-state index in [1.165, 1.54) is 23.5 Å². The molecule has 130 valence electrons. The van der Waals surface area contributed by atoms with Crippen LogP contribution in [0.3, 0.4) is 0 Å². The predicted molar refractivity (Wildman–Crippen MR) is 95.4 cm³/mol. The molecule has 3 rings (SSSR count). The highest BCUT2D eigenvalue weighted by Gasteiger charge is 2.19. The summed E-state index contributed by atoms with van der Waals surface area (Å²) in [7, 11) is 0.